The van der Waals surface area contributed by atoms with E-state index in [-0.39, 0.29) is 29.1 Å². The number of hydrogen-bond donors (Lipinski definition) is 2. The van der Waals surface area contributed by atoms with Crippen LogP contribution in [0.3, 0.4) is 0 Å². The molecule has 1 aliphatic heterocycles. The average Bonchev–Trinajstić information content (AvgIpc) is 2.73. The molecule has 0 aromatic heterocycles. The van der Waals surface area contributed by atoms with Gasteiger partial charge in [-0.25, -0.2) is 0 Å². The maximum absolute atomic E-state index is 12.8. The lowest BCUT2D eigenvalue weighted by Gasteiger charge is -2.34. The van der Waals surface area contributed by atoms with Crippen molar-refractivity contribution in [3.63, 3.8) is 0 Å². The van der Waals surface area contributed by atoms with Crippen LogP contribution >= 0.6 is 0 Å². The van der Waals surface area contributed by atoms with Gasteiger partial charge in [-0.05, 0) is 25.5 Å². The maximum Gasteiger partial charge on any atom is 0.293 e. The molecule has 0 spiro atoms. The predicted molar refractivity (Wildman–Crippen MR) is 114 cm³/mol. The van der Waals surface area contributed by atoms with E-state index in [1.54, 1.807) is 24.1 Å². The predicted octanol–water partition coefficient (Wildman–Crippen LogP) is 1.33. The molecule has 1 fully saturated rings. The number of carbonyl (C=O) groups is 2. The van der Waals surface area contributed by atoms with Crippen LogP contribution in [0.1, 0.15) is 30.6 Å². The zero-order valence-corrected chi connectivity index (χ0v) is 17.8. The van der Waals surface area contributed by atoms with Crippen LogP contribution in [0.25, 0.3) is 0 Å². The van der Waals surface area contributed by atoms with Crippen molar-refractivity contribution in [1.29, 1.82) is 0 Å². The largest absolute Gasteiger partial charge is 0.383 e. The summed E-state index contributed by atoms with van der Waals surface area (Å²) in [5.41, 5.74) is 0.491. The highest BCUT2D eigenvalue weighted by atomic mass is 16.6. The van der Waals surface area contributed by atoms with E-state index in [0.717, 1.165) is 6.42 Å². The lowest BCUT2D eigenvalue weighted by Crippen LogP contribution is -2.51. The Hall–Kier alpha value is -2.72. The molecule has 1 aromatic rings. The van der Waals surface area contributed by atoms with Crippen molar-refractivity contribution < 1.29 is 19.2 Å². The van der Waals surface area contributed by atoms with E-state index in [1.165, 1.54) is 6.07 Å². The first-order valence-corrected chi connectivity index (χ1v) is 10.2. The Morgan fingerprint density at radius 3 is 2.57 bits per heavy atom. The number of ether oxygens (including phenoxy) is 1. The minimum atomic E-state index is -0.500. The third kappa shape index (κ3) is 6.67. The number of methoxy groups -OCH3 is 1. The third-order valence-electron chi connectivity index (χ3n) is 5.11. The molecule has 2 amide bonds. The summed E-state index contributed by atoms with van der Waals surface area (Å²) in [7, 11) is 1.55. The standard InChI is InChI=1S/C20H31N5O5/c1-4-15(2)22-19(26)14-23-8-10-24(11-9-23)20(27)16-5-6-17(21-7-12-30-3)18(13-16)25(28)29/h5-6,13,15,21H,4,7-12,14H2,1-3H3,(H,22,26). The smallest absolute Gasteiger partial charge is 0.293 e. The van der Waals surface area contributed by atoms with Crippen LogP contribution in [-0.4, -0.2) is 85.6 Å². The zero-order valence-electron chi connectivity index (χ0n) is 17.8. The van der Waals surface area contributed by atoms with Gasteiger partial charge in [0, 0.05) is 57.5 Å². The van der Waals surface area contributed by atoms with Crippen molar-refractivity contribution in [2.75, 3.05) is 58.3 Å². The Morgan fingerprint density at radius 2 is 1.97 bits per heavy atom. The highest BCUT2D eigenvalue weighted by molar-refractivity contribution is 5.95. The molecule has 0 aliphatic carbocycles. The molecule has 166 valence electrons. The molecule has 0 radical (unpaired) electrons. The topological polar surface area (TPSA) is 117 Å². The minimum Gasteiger partial charge on any atom is -0.383 e. The first kappa shape index (κ1) is 23.6. The molecule has 10 nitrogen and oxygen atoms in total. The lowest BCUT2D eigenvalue weighted by atomic mass is 10.1. The Balaban J connectivity index is 1.95. The molecule has 1 saturated heterocycles. The fourth-order valence-corrected chi connectivity index (χ4v) is 3.17. The molecular weight excluding hydrogens is 390 g/mol. The number of nitrogens with one attached hydrogen (secondary N) is 2. The molecule has 10 heteroatoms. The zero-order chi connectivity index (χ0) is 22.1. The summed E-state index contributed by atoms with van der Waals surface area (Å²) < 4.78 is 4.94. The van der Waals surface area contributed by atoms with Crippen LogP contribution < -0.4 is 10.6 Å². The van der Waals surface area contributed by atoms with Crippen LogP contribution in [0.5, 0.6) is 0 Å². The molecule has 2 rings (SSSR count). The summed E-state index contributed by atoms with van der Waals surface area (Å²) in [6.07, 6.45) is 0.876. The lowest BCUT2D eigenvalue weighted by molar-refractivity contribution is -0.384. The van der Waals surface area contributed by atoms with Gasteiger partial charge in [0.1, 0.15) is 5.69 Å². The van der Waals surface area contributed by atoms with Crippen LogP contribution in [0.2, 0.25) is 0 Å². The summed E-state index contributed by atoms with van der Waals surface area (Å²) in [5.74, 6) is -0.262. The molecule has 1 heterocycles. The SMILES string of the molecule is CCC(C)NC(=O)CN1CCN(C(=O)c2ccc(NCCOC)c([N+](=O)[O-])c2)CC1. The number of amides is 2. The number of nitro benzene ring substituents is 1. The Morgan fingerprint density at radius 1 is 1.27 bits per heavy atom. The molecule has 1 unspecified atom stereocenters. The molecule has 30 heavy (non-hydrogen) atoms. The van der Waals surface area contributed by atoms with E-state index in [9.17, 15) is 19.7 Å². The van der Waals surface area contributed by atoms with Gasteiger partial charge in [-0.1, -0.05) is 6.92 Å². The van der Waals surface area contributed by atoms with Crippen molar-refractivity contribution in [3.8, 4) is 0 Å². The fourth-order valence-electron chi connectivity index (χ4n) is 3.17. The average molecular weight is 421 g/mol. The van der Waals surface area contributed by atoms with Gasteiger partial charge in [-0.15, -0.1) is 0 Å². The van der Waals surface area contributed by atoms with E-state index in [0.29, 0.717) is 51.6 Å². The van der Waals surface area contributed by atoms with Crippen molar-refractivity contribution >= 4 is 23.2 Å². The first-order valence-electron chi connectivity index (χ1n) is 10.2. The van der Waals surface area contributed by atoms with Crippen molar-refractivity contribution in [1.82, 2.24) is 15.1 Å². The molecule has 0 saturated carbocycles. The van der Waals surface area contributed by atoms with Crippen molar-refractivity contribution in [2.24, 2.45) is 0 Å². The molecule has 1 atom stereocenters. The maximum atomic E-state index is 12.8. The second-order valence-corrected chi connectivity index (χ2v) is 7.35. The van der Waals surface area contributed by atoms with E-state index in [1.807, 2.05) is 18.7 Å². The van der Waals surface area contributed by atoms with Crippen LogP contribution in [0.15, 0.2) is 18.2 Å². The fraction of sp³-hybridized carbons (Fsp3) is 0.600. The number of carbonyl (C=O) groups excluding carboxylic acids is 2. The number of hydrogen-bond acceptors (Lipinski definition) is 7. The van der Waals surface area contributed by atoms with Crippen LogP contribution in [0, 0.1) is 10.1 Å². The van der Waals surface area contributed by atoms with Gasteiger partial charge in [0.05, 0.1) is 18.1 Å². The highest BCUT2D eigenvalue weighted by Crippen LogP contribution is 2.26. The Labute approximate surface area is 176 Å². The molecule has 2 N–H and O–H groups in total. The number of benzene rings is 1. The summed E-state index contributed by atoms with van der Waals surface area (Å²) >= 11 is 0. The van der Waals surface area contributed by atoms with Gasteiger partial charge < -0.3 is 20.3 Å². The van der Waals surface area contributed by atoms with E-state index in [2.05, 4.69) is 10.6 Å². The second kappa shape index (κ2) is 11.5. The highest BCUT2D eigenvalue weighted by Gasteiger charge is 2.25. The third-order valence-corrected chi connectivity index (χ3v) is 5.11. The quantitative estimate of drug-likeness (QED) is 0.332. The Bertz CT molecular complexity index is 749. The summed E-state index contributed by atoms with van der Waals surface area (Å²) in [5, 5.41) is 17.3. The van der Waals surface area contributed by atoms with E-state index >= 15 is 0 Å². The summed E-state index contributed by atoms with van der Waals surface area (Å²) in [4.78, 5) is 39.4. The molecule has 1 aromatic carbocycles. The van der Waals surface area contributed by atoms with Gasteiger partial charge in [-0.3, -0.25) is 24.6 Å². The molecular formula is C20H31N5O5. The van der Waals surface area contributed by atoms with Gasteiger partial charge in [0.25, 0.3) is 11.6 Å². The number of nitro groups is 1. The van der Waals surface area contributed by atoms with Crippen molar-refractivity contribution in [2.45, 2.75) is 26.3 Å². The first-order chi connectivity index (χ1) is 14.3. The number of piperazine rings is 1. The monoisotopic (exact) mass is 421 g/mol. The van der Waals surface area contributed by atoms with Gasteiger partial charge in [0.15, 0.2) is 0 Å². The van der Waals surface area contributed by atoms with E-state index < -0.39 is 4.92 Å². The van der Waals surface area contributed by atoms with Crippen molar-refractivity contribution in [3.05, 3.63) is 33.9 Å². The van der Waals surface area contributed by atoms with Gasteiger partial charge >= 0.3 is 0 Å². The van der Waals surface area contributed by atoms with Gasteiger partial charge in [0.2, 0.25) is 5.91 Å². The van der Waals surface area contributed by atoms with E-state index in [4.69, 9.17) is 4.74 Å². The number of nitrogens with zero attached hydrogens (tertiary/aromatic N) is 3. The summed E-state index contributed by atoms with van der Waals surface area (Å²) in [6.45, 7) is 7.23. The summed E-state index contributed by atoms with van der Waals surface area (Å²) in [6, 6.07) is 4.60. The van der Waals surface area contributed by atoms with Crippen LogP contribution in [0.4, 0.5) is 11.4 Å². The number of anilines is 1. The molecule has 0 bridgehead atoms. The second-order valence-electron chi connectivity index (χ2n) is 7.35. The minimum absolute atomic E-state index is 0.0173. The molecule has 1 aliphatic rings. The van der Waals surface area contributed by atoms with Gasteiger partial charge in [-0.2, -0.15) is 0 Å². The Kier molecular flexibility index (Phi) is 9.00. The van der Waals surface area contributed by atoms with Crippen LogP contribution in [-0.2, 0) is 9.53 Å². The number of rotatable bonds is 10. The normalized spacial score (nSPS) is 15.5.